The Hall–Kier alpha value is -3.82. The zero-order chi connectivity index (χ0) is 23.0. The van der Waals surface area contributed by atoms with E-state index in [-0.39, 0.29) is 22.6 Å². The van der Waals surface area contributed by atoms with Gasteiger partial charge in [0.05, 0.1) is 28.1 Å². The Bertz CT molecular complexity index is 1460. The molecule has 8 nitrogen and oxygen atoms in total. The number of nitrogens with zero attached hydrogens (tertiary/aromatic N) is 6. The van der Waals surface area contributed by atoms with Crippen LogP contribution in [0.1, 0.15) is 49.6 Å². The minimum Gasteiger partial charge on any atom is -0.244 e. The number of aromatic nitrogens is 7. The predicted octanol–water partition coefficient (Wildman–Crippen LogP) is 3.29. The zero-order valence-electron chi connectivity index (χ0n) is 17.9. The third-order valence-electron chi connectivity index (χ3n) is 7.40. The van der Waals surface area contributed by atoms with E-state index in [0.29, 0.717) is 5.95 Å². The highest BCUT2D eigenvalue weighted by molar-refractivity contribution is 5.64. The zero-order valence-corrected chi connectivity index (χ0v) is 17.9. The summed E-state index contributed by atoms with van der Waals surface area (Å²) in [4.78, 5) is 24.2. The molecule has 4 aromatic rings. The highest BCUT2D eigenvalue weighted by Gasteiger charge is 2.65. The summed E-state index contributed by atoms with van der Waals surface area (Å²) in [6.07, 6.45) is 4.66. The first kappa shape index (κ1) is 19.8. The average Bonchev–Trinajstić information content (AvgIpc) is 3.40. The molecular weight excluding hydrogens is 428 g/mol. The van der Waals surface area contributed by atoms with Gasteiger partial charge in [-0.3, -0.25) is 0 Å². The maximum Gasteiger partial charge on any atom is 0.361 e. The molecule has 6 rings (SSSR count). The van der Waals surface area contributed by atoms with Gasteiger partial charge in [0.15, 0.2) is 0 Å². The Labute approximate surface area is 186 Å². The summed E-state index contributed by atoms with van der Waals surface area (Å²) in [6.45, 7) is 4.33. The second kappa shape index (κ2) is 6.60. The number of nitrogens with one attached hydrogen (secondary N) is 1. The van der Waals surface area contributed by atoms with E-state index in [2.05, 4.69) is 39.1 Å². The lowest BCUT2D eigenvalue weighted by Gasteiger charge is -2.37. The fourth-order valence-corrected chi connectivity index (χ4v) is 5.83. The third kappa shape index (κ3) is 2.54. The number of fused-ring (bicyclic) bond motifs is 5. The van der Waals surface area contributed by atoms with Crippen LogP contribution in [0.5, 0.6) is 0 Å². The molecular formula is C23H19F2N7O. The van der Waals surface area contributed by atoms with Crippen LogP contribution < -0.4 is 5.69 Å². The van der Waals surface area contributed by atoms with Crippen molar-refractivity contribution in [2.45, 2.75) is 38.0 Å². The molecule has 33 heavy (non-hydrogen) atoms. The molecule has 1 fully saturated rings. The van der Waals surface area contributed by atoms with Crippen LogP contribution >= 0.6 is 0 Å². The Balaban J connectivity index is 1.53. The minimum absolute atomic E-state index is 0.128. The van der Waals surface area contributed by atoms with E-state index in [4.69, 9.17) is 4.98 Å². The topological polar surface area (TPSA) is 102 Å². The molecule has 166 valence electrons. The molecule has 1 aromatic carbocycles. The van der Waals surface area contributed by atoms with Crippen molar-refractivity contribution in [3.63, 3.8) is 0 Å². The van der Waals surface area contributed by atoms with Crippen LogP contribution in [-0.2, 0) is 5.41 Å². The first-order chi connectivity index (χ1) is 15.8. The van der Waals surface area contributed by atoms with Gasteiger partial charge >= 0.3 is 5.69 Å². The van der Waals surface area contributed by atoms with Crippen LogP contribution in [0.15, 0.2) is 47.7 Å². The number of aromatic amines is 1. The number of hydrogen-bond donors (Lipinski definition) is 1. The van der Waals surface area contributed by atoms with Crippen molar-refractivity contribution in [3.05, 3.63) is 81.9 Å². The Kier molecular flexibility index (Phi) is 3.96. The number of hydrogen-bond acceptors (Lipinski definition) is 6. The van der Waals surface area contributed by atoms with Crippen molar-refractivity contribution in [2.75, 3.05) is 0 Å². The monoisotopic (exact) mass is 447 g/mol. The molecule has 1 N–H and O–H groups in total. The summed E-state index contributed by atoms with van der Waals surface area (Å²) < 4.78 is 30.2. The standard InChI is InChI=1S/C23H19F2N7O/c1-22(2)13-6-8-23(22,17-7-9-26-20(28-17)32-11-27-21(33)31-32)19-12(13)10-16(29-30-19)18-14(24)4-3-5-15(18)25/h3-5,7,9-11,13H,6,8H2,1-2H3,(H,31,33)/t13-,23+/m0/s1. The van der Waals surface area contributed by atoms with Crippen molar-refractivity contribution in [1.82, 2.24) is 34.9 Å². The number of rotatable bonds is 3. The van der Waals surface area contributed by atoms with Crippen LogP contribution in [0.2, 0.25) is 0 Å². The summed E-state index contributed by atoms with van der Waals surface area (Å²) in [5.41, 5.74) is 1.16. The van der Waals surface area contributed by atoms with Gasteiger partial charge < -0.3 is 0 Å². The number of benzene rings is 1. The van der Waals surface area contributed by atoms with E-state index in [1.807, 2.05) is 6.07 Å². The quantitative estimate of drug-likeness (QED) is 0.517. The molecule has 10 heteroatoms. The van der Waals surface area contributed by atoms with Gasteiger partial charge in [-0.2, -0.15) is 10.1 Å². The van der Waals surface area contributed by atoms with E-state index >= 15 is 0 Å². The first-order valence-electron chi connectivity index (χ1n) is 10.6. The van der Waals surface area contributed by atoms with Crippen LogP contribution in [0.3, 0.4) is 0 Å². The van der Waals surface area contributed by atoms with Crippen molar-refractivity contribution >= 4 is 0 Å². The lowest BCUT2D eigenvalue weighted by molar-refractivity contribution is 0.242. The lowest BCUT2D eigenvalue weighted by Crippen LogP contribution is -2.38. The van der Waals surface area contributed by atoms with Crippen LogP contribution in [0.25, 0.3) is 17.2 Å². The highest BCUT2D eigenvalue weighted by Crippen LogP contribution is 2.69. The molecule has 0 amide bonds. The SMILES string of the molecule is CC1(C)[C@H]2CC[C@@]1(c1ccnc(-n3cnc(=O)[nH]3)n1)c1nnc(-c3c(F)cccc3F)cc12. The number of H-pyrrole nitrogens is 1. The van der Waals surface area contributed by atoms with Gasteiger partial charge in [0.25, 0.3) is 5.95 Å². The molecule has 0 radical (unpaired) electrons. The maximum absolute atomic E-state index is 14.4. The molecule has 2 aliphatic rings. The Morgan fingerprint density at radius 3 is 2.64 bits per heavy atom. The molecule has 2 bridgehead atoms. The molecule has 3 heterocycles. The van der Waals surface area contributed by atoms with Crippen molar-refractivity contribution < 1.29 is 8.78 Å². The molecule has 2 aliphatic carbocycles. The van der Waals surface area contributed by atoms with Crippen LogP contribution in [0, 0.1) is 17.0 Å². The summed E-state index contributed by atoms with van der Waals surface area (Å²) in [5.74, 6) is -0.919. The maximum atomic E-state index is 14.4. The van der Waals surface area contributed by atoms with E-state index < -0.39 is 22.7 Å². The van der Waals surface area contributed by atoms with Gasteiger partial charge in [0, 0.05) is 6.20 Å². The fraction of sp³-hybridized carbons (Fsp3) is 0.304. The minimum atomic E-state index is -0.670. The molecule has 3 aromatic heterocycles. The summed E-state index contributed by atoms with van der Waals surface area (Å²) >= 11 is 0. The lowest BCUT2D eigenvalue weighted by atomic mass is 9.66. The molecule has 0 unspecified atom stereocenters. The fourth-order valence-electron chi connectivity index (χ4n) is 5.83. The van der Waals surface area contributed by atoms with E-state index in [1.165, 1.54) is 29.2 Å². The average molecular weight is 447 g/mol. The van der Waals surface area contributed by atoms with E-state index in [9.17, 15) is 13.6 Å². The number of halogens is 2. The molecule has 0 spiro atoms. The van der Waals surface area contributed by atoms with Crippen LogP contribution in [0.4, 0.5) is 8.78 Å². The first-order valence-corrected chi connectivity index (χ1v) is 10.6. The van der Waals surface area contributed by atoms with Gasteiger partial charge in [0.1, 0.15) is 18.0 Å². The molecule has 0 aliphatic heterocycles. The Morgan fingerprint density at radius 2 is 1.91 bits per heavy atom. The highest BCUT2D eigenvalue weighted by atomic mass is 19.1. The summed E-state index contributed by atoms with van der Waals surface area (Å²) in [5, 5.41) is 11.3. The van der Waals surface area contributed by atoms with Gasteiger partial charge in [-0.1, -0.05) is 19.9 Å². The molecule has 0 saturated heterocycles. The van der Waals surface area contributed by atoms with Gasteiger partial charge in [-0.25, -0.2) is 33.3 Å². The van der Waals surface area contributed by atoms with Crippen molar-refractivity contribution in [3.8, 4) is 17.2 Å². The van der Waals surface area contributed by atoms with Crippen molar-refractivity contribution in [2.24, 2.45) is 5.41 Å². The second-order valence-electron chi connectivity index (χ2n) is 9.12. The van der Waals surface area contributed by atoms with Crippen LogP contribution in [-0.4, -0.2) is 34.9 Å². The van der Waals surface area contributed by atoms with E-state index in [0.717, 1.165) is 29.8 Å². The largest absolute Gasteiger partial charge is 0.361 e. The normalized spacial score (nSPS) is 22.5. The molecule has 2 atom stereocenters. The van der Waals surface area contributed by atoms with Gasteiger partial charge in [-0.15, -0.1) is 5.10 Å². The summed E-state index contributed by atoms with van der Waals surface area (Å²) in [6, 6.07) is 7.38. The van der Waals surface area contributed by atoms with Gasteiger partial charge in [0.2, 0.25) is 0 Å². The second-order valence-corrected chi connectivity index (χ2v) is 9.12. The predicted molar refractivity (Wildman–Crippen MR) is 114 cm³/mol. The Morgan fingerprint density at radius 1 is 1.12 bits per heavy atom. The van der Waals surface area contributed by atoms with E-state index in [1.54, 1.807) is 12.3 Å². The van der Waals surface area contributed by atoms with Crippen molar-refractivity contribution in [1.29, 1.82) is 0 Å². The third-order valence-corrected chi connectivity index (χ3v) is 7.40. The molecule has 1 saturated carbocycles. The van der Waals surface area contributed by atoms with Gasteiger partial charge in [-0.05, 0) is 54.0 Å². The smallest absolute Gasteiger partial charge is 0.244 e. The summed E-state index contributed by atoms with van der Waals surface area (Å²) in [7, 11) is 0.